The summed E-state index contributed by atoms with van der Waals surface area (Å²) in [6.07, 6.45) is 2.74. The molecule has 0 fully saturated rings. The fourth-order valence-electron chi connectivity index (χ4n) is 0.539. The molecule has 2 amide bonds. The van der Waals surface area contributed by atoms with E-state index < -0.39 is 5.91 Å². The molecule has 0 aliphatic heterocycles. The van der Waals surface area contributed by atoms with E-state index in [2.05, 4.69) is 5.32 Å². The third-order valence-corrected chi connectivity index (χ3v) is 1.20. The number of nitrogens with one attached hydrogen (secondary N) is 1. The highest BCUT2D eigenvalue weighted by Gasteiger charge is 2.03. The minimum absolute atomic E-state index is 0.0352. The first-order valence-corrected chi connectivity index (χ1v) is 3.77. The summed E-state index contributed by atoms with van der Waals surface area (Å²) in [5.74, 6) is -0.579. The van der Waals surface area contributed by atoms with Gasteiger partial charge in [-0.3, -0.25) is 9.59 Å². The van der Waals surface area contributed by atoms with Crippen molar-refractivity contribution >= 4 is 11.8 Å². The van der Waals surface area contributed by atoms with E-state index in [0.29, 0.717) is 6.54 Å². The second-order valence-electron chi connectivity index (χ2n) is 2.70. The minimum Gasteiger partial charge on any atom is -0.366 e. The number of amides is 2. The van der Waals surface area contributed by atoms with Crippen molar-refractivity contribution in [2.45, 2.75) is 13.8 Å². The quantitative estimate of drug-likeness (QED) is 0.573. The molecule has 0 atom stereocenters. The predicted octanol–water partition coefficient (Wildman–Crippen LogP) is -0.200. The summed E-state index contributed by atoms with van der Waals surface area (Å²) in [5, 5.41) is 2.60. The van der Waals surface area contributed by atoms with Gasteiger partial charge in [0.2, 0.25) is 11.8 Å². The molecule has 3 N–H and O–H groups in total. The lowest BCUT2D eigenvalue weighted by molar-refractivity contribution is -0.123. The van der Waals surface area contributed by atoms with E-state index in [1.54, 1.807) is 13.8 Å². The number of rotatable bonds is 4. The zero-order valence-electron chi connectivity index (χ0n) is 7.33. The van der Waals surface area contributed by atoms with Crippen LogP contribution in [0, 0.1) is 5.92 Å². The van der Waals surface area contributed by atoms with E-state index in [1.807, 2.05) is 0 Å². The number of primary amides is 1. The molecule has 0 aliphatic carbocycles. The van der Waals surface area contributed by atoms with Crippen LogP contribution in [0.3, 0.4) is 0 Å². The highest BCUT2D eigenvalue weighted by atomic mass is 16.2. The van der Waals surface area contributed by atoms with E-state index >= 15 is 0 Å². The molecule has 0 spiro atoms. The van der Waals surface area contributed by atoms with Gasteiger partial charge in [0, 0.05) is 18.5 Å². The third kappa shape index (κ3) is 5.46. The van der Waals surface area contributed by atoms with Gasteiger partial charge in [0.05, 0.1) is 0 Å². The highest BCUT2D eigenvalue weighted by Crippen LogP contribution is 1.89. The number of carbonyl (C=O) groups is 2. The Labute approximate surface area is 71.8 Å². The summed E-state index contributed by atoms with van der Waals surface area (Å²) in [6, 6.07) is 0. The maximum atomic E-state index is 10.9. The molecule has 0 radical (unpaired) electrons. The molecular formula is C8H14N2O2. The summed E-state index contributed by atoms with van der Waals surface area (Å²) in [7, 11) is 0. The third-order valence-electron chi connectivity index (χ3n) is 1.20. The van der Waals surface area contributed by atoms with Crippen molar-refractivity contribution in [3.8, 4) is 0 Å². The maximum Gasteiger partial charge on any atom is 0.241 e. The summed E-state index contributed by atoms with van der Waals surface area (Å²) in [4.78, 5) is 21.1. The highest BCUT2D eigenvalue weighted by molar-refractivity contribution is 5.85. The Bertz CT molecular complexity index is 197. The minimum atomic E-state index is -0.506. The molecule has 0 heterocycles. The van der Waals surface area contributed by atoms with Crippen LogP contribution in [0.4, 0.5) is 0 Å². The Morgan fingerprint density at radius 1 is 1.50 bits per heavy atom. The van der Waals surface area contributed by atoms with Crippen LogP contribution in [0.15, 0.2) is 12.2 Å². The zero-order chi connectivity index (χ0) is 9.56. The van der Waals surface area contributed by atoms with Crippen LogP contribution in [-0.2, 0) is 9.59 Å². The Balaban J connectivity index is 3.57. The molecule has 0 aliphatic rings. The van der Waals surface area contributed by atoms with Gasteiger partial charge in [-0.25, -0.2) is 0 Å². The first kappa shape index (κ1) is 10.7. The number of nitrogens with two attached hydrogens (primary N) is 1. The molecule has 0 saturated heterocycles. The molecular weight excluding hydrogens is 156 g/mol. The summed E-state index contributed by atoms with van der Waals surface area (Å²) >= 11 is 0. The van der Waals surface area contributed by atoms with Crippen molar-refractivity contribution in [3.63, 3.8) is 0 Å². The van der Waals surface area contributed by atoms with Gasteiger partial charge in [-0.1, -0.05) is 19.9 Å². The second-order valence-corrected chi connectivity index (χ2v) is 2.70. The van der Waals surface area contributed by atoms with Gasteiger partial charge < -0.3 is 11.1 Å². The van der Waals surface area contributed by atoms with Crippen molar-refractivity contribution in [1.29, 1.82) is 0 Å². The van der Waals surface area contributed by atoms with E-state index in [9.17, 15) is 9.59 Å². The van der Waals surface area contributed by atoms with E-state index in [4.69, 9.17) is 5.73 Å². The lowest BCUT2D eigenvalue weighted by atomic mass is 10.2. The first-order valence-electron chi connectivity index (χ1n) is 3.77. The molecule has 68 valence electrons. The van der Waals surface area contributed by atoms with E-state index in [1.165, 1.54) is 12.2 Å². The molecule has 0 bridgehead atoms. The van der Waals surface area contributed by atoms with Crippen molar-refractivity contribution < 1.29 is 9.59 Å². The van der Waals surface area contributed by atoms with Crippen molar-refractivity contribution in [2.24, 2.45) is 11.7 Å². The zero-order valence-corrected chi connectivity index (χ0v) is 7.33. The molecule has 0 aromatic heterocycles. The van der Waals surface area contributed by atoms with Gasteiger partial charge in [-0.2, -0.15) is 0 Å². The monoisotopic (exact) mass is 170 g/mol. The van der Waals surface area contributed by atoms with Crippen LogP contribution >= 0.6 is 0 Å². The molecule has 4 nitrogen and oxygen atoms in total. The maximum absolute atomic E-state index is 10.9. The van der Waals surface area contributed by atoms with Crippen LogP contribution in [0.25, 0.3) is 0 Å². The van der Waals surface area contributed by atoms with Crippen LogP contribution in [-0.4, -0.2) is 18.4 Å². The topological polar surface area (TPSA) is 72.2 Å². The molecule has 4 heteroatoms. The average molecular weight is 170 g/mol. The van der Waals surface area contributed by atoms with Crippen LogP contribution in [0.5, 0.6) is 0 Å². The number of hydrogen-bond acceptors (Lipinski definition) is 2. The standard InChI is InChI=1S/C8H14N2O2/c1-6(2)8(12)10-5-3-4-7(9)11/h3-4,6H,5H2,1-2H3,(H2,9,11)(H,10,12). The smallest absolute Gasteiger partial charge is 0.241 e. The SMILES string of the molecule is CC(C)C(=O)NCC=CC(N)=O. The predicted molar refractivity (Wildman–Crippen MR) is 46.2 cm³/mol. The fourth-order valence-corrected chi connectivity index (χ4v) is 0.539. The van der Waals surface area contributed by atoms with Crippen LogP contribution in [0.1, 0.15) is 13.8 Å². The van der Waals surface area contributed by atoms with Crippen molar-refractivity contribution in [1.82, 2.24) is 5.32 Å². The van der Waals surface area contributed by atoms with Gasteiger partial charge in [0.15, 0.2) is 0 Å². The van der Waals surface area contributed by atoms with Gasteiger partial charge in [-0.15, -0.1) is 0 Å². The second kappa shape index (κ2) is 5.35. The Hall–Kier alpha value is -1.32. The molecule has 0 unspecified atom stereocenters. The van der Waals surface area contributed by atoms with Gasteiger partial charge in [-0.05, 0) is 0 Å². The molecule has 0 saturated carbocycles. The average Bonchev–Trinajstić information content (AvgIpc) is 1.97. The summed E-state index contributed by atoms with van der Waals surface area (Å²) in [6.45, 7) is 3.94. The van der Waals surface area contributed by atoms with Gasteiger partial charge in [0.25, 0.3) is 0 Å². The number of hydrogen-bond donors (Lipinski definition) is 2. The summed E-state index contributed by atoms with van der Waals surface area (Å²) < 4.78 is 0. The van der Waals surface area contributed by atoms with Crippen LogP contribution < -0.4 is 11.1 Å². The van der Waals surface area contributed by atoms with Crippen LogP contribution in [0.2, 0.25) is 0 Å². The van der Waals surface area contributed by atoms with Crippen molar-refractivity contribution in [3.05, 3.63) is 12.2 Å². The van der Waals surface area contributed by atoms with E-state index in [-0.39, 0.29) is 11.8 Å². The molecule has 0 aromatic rings. The largest absolute Gasteiger partial charge is 0.366 e. The Morgan fingerprint density at radius 3 is 2.50 bits per heavy atom. The lowest BCUT2D eigenvalue weighted by Gasteiger charge is -2.03. The molecule has 0 aromatic carbocycles. The van der Waals surface area contributed by atoms with Gasteiger partial charge >= 0.3 is 0 Å². The lowest BCUT2D eigenvalue weighted by Crippen LogP contribution is -2.27. The molecule has 0 rings (SSSR count). The molecule has 12 heavy (non-hydrogen) atoms. The Kier molecular flexibility index (Phi) is 4.76. The first-order chi connectivity index (χ1) is 5.54. The number of carbonyl (C=O) groups excluding carboxylic acids is 2. The van der Waals surface area contributed by atoms with E-state index in [0.717, 1.165) is 0 Å². The van der Waals surface area contributed by atoms with Crippen molar-refractivity contribution in [2.75, 3.05) is 6.54 Å². The Morgan fingerprint density at radius 2 is 2.08 bits per heavy atom. The fraction of sp³-hybridized carbons (Fsp3) is 0.500. The van der Waals surface area contributed by atoms with Gasteiger partial charge in [0.1, 0.15) is 0 Å². The normalized spacial score (nSPS) is 10.6. The summed E-state index contributed by atoms with van der Waals surface area (Å²) in [5.41, 5.74) is 4.83.